The fourth-order valence-corrected chi connectivity index (χ4v) is 7.41. The van der Waals surface area contributed by atoms with E-state index in [2.05, 4.69) is 0 Å². The zero-order chi connectivity index (χ0) is 34.5. The number of carbonyl (C=O) groups is 4. The normalized spacial score (nSPS) is 34.2. The Bertz CT molecular complexity index is 1800. The number of aromatic hydroxyl groups is 2. The third-order valence-corrected chi connectivity index (χ3v) is 9.85. The molecule has 0 saturated heterocycles. The quantitative estimate of drug-likeness (QED) is 0.219. The number of carbonyl (C=O) groups excluding carboxylic acids is 4. The van der Waals surface area contributed by atoms with E-state index in [1.54, 1.807) is 0 Å². The minimum atomic E-state index is -3.12. The first-order chi connectivity index (χ1) is 22.1. The number of benzene rings is 2. The Hall–Kier alpha value is -4.70. The van der Waals surface area contributed by atoms with E-state index in [4.69, 9.17) is 18.9 Å². The second-order valence-electron chi connectivity index (χ2n) is 12.4. The highest BCUT2D eigenvalue weighted by molar-refractivity contribution is 6.15. The van der Waals surface area contributed by atoms with Crippen molar-refractivity contribution < 1.29 is 73.9 Å². The topological polar surface area (TPSA) is 247 Å². The number of aliphatic hydroxyl groups is 5. The highest BCUT2D eigenvalue weighted by atomic mass is 16.6. The van der Waals surface area contributed by atoms with E-state index >= 15 is 0 Å². The van der Waals surface area contributed by atoms with Gasteiger partial charge < -0.3 is 54.7 Å². The van der Waals surface area contributed by atoms with Crippen LogP contribution in [-0.4, -0.2) is 109 Å². The van der Waals surface area contributed by atoms with Crippen LogP contribution in [0.25, 0.3) is 16.9 Å². The number of methoxy groups -OCH3 is 2. The summed E-state index contributed by atoms with van der Waals surface area (Å²) in [6.07, 6.45) is -6.02. The average molecular weight is 657 g/mol. The average Bonchev–Trinajstić information content (AvgIpc) is 3.03. The molecule has 15 heteroatoms. The van der Waals surface area contributed by atoms with Crippen molar-refractivity contribution in [2.75, 3.05) is 14.2 Å². The van der Waals surface area contributed by atoms with Crippen molar-refractivity contribution in [2.24, 2.45) is 11.8 Å². The summed E-state index contributed by atoms with van der Waals surface area (Å²) in [7, 11) is 1.94. The van der Waals surface area contributed by atoms with E-state index in [-0.39, 0.29) is 29.7 Å². The molecule has 2 aromatic carbocycles. The van der Waals surface area contributed by atoms with Crippen LogP contribution in [0.15, 0.2) is 29.8 Å². The summed E-state index contributed by atoms with van der Waals surface area (Å²) in [5.41, 5.74) is -10.7. The van der Waals surface area contributed by atoms with Gasteiger partial charge in [0.05, 0.1) is 25.9 Å². The predicted molar refractivity (Wildman–Crippen MR) is 155 cm³/mol. The summed E-state index contributed by atoms with van der Waals surface area (Å²) in [5.74, 6) is -9.64. The molecule has 6 rings (SSSR count). The van der Waals surface area contributed by atoms with Gasteiger partial charge in [-0.2, -0.15) is 0 Å². The number of aliphatic hydroxyl groups excluding tert-OH is 4. The van der Waals surface area contributed by atoms with Gasteiger partial charge in [0.1, 0.15) is 52.1 Å². The third kappa shape index (κ3) is 3.76. The Labute approximate surface area is 266 Å². The summed E-state index contributed by atoms with van der Waals surface area (Å²) in [6.45, 7) is 2.97. The molecule has 0 unspecified atom stereocenters. The molecule has 8 atom stereocenters. The molecule has 7 N–H and O–H groups in total. The Morgan fingerprint density at radius 3 is 1.94 bits per heavy atom. The molecule has 2 aromatic rings. The molecule has 2 fully saturated rings. The Balaban J connectivity index is 1.54. The molecule has 0 amide bonds. The minimum Gasteiger partial charge on any atom is -0.506 e. The van der Waals surface area contributed by atoms with E-state index in [0.29, 0.717) is 0 Å². The molecule has 4 aliphatic rings. The van der Waals surface area contributed by atoms with Crippen LogP contribution in [0.2, 0.25) is 0 Å². The fraction of sp³-hybridized carbons (Fsp3) is 0.438. The summed E-state index contributed by atoms with van der Waals surface area (Å²) in [4.78, 5) is 53.3. The van der Waals surface area contributed by atoms with Crippen LogP contribution in [0.4, 0.5) is 0 Å². The lowest BCUT2D eigenvalue weighted by Gasteiger charge is -2.55. The van der Waals surface area contributed by atoms with Crippen molar-refractivity contribution >= 4 is 29.3 Å². The summed E-state index contributed by atoms with van der Waals surface area (Å²) in [5, 5.41) is 79.0. The molecule has 0 aromatic heterocycles. The highest BCUT2D eigenvalue weighted by Crippen LogP contribution is 2.56. The molecule has 2 aliphatic heterocycles. The van der Waals surface area contributed by atoms with Gasteiger partial charge in [0.2, 0.25) is 11.4 Å². The molecule has 250 valence electrons. The molecular formula is C32H32O15. The first kappa shape index (κ1) is 32.2. The van der Waals surface area contributed by atoms with Gasteiger partial charge in [-0.1, -0.05) is 13.8 Å². The van der Waals surface area contributed by atoms with Gasteiger partial charge in [-0.25, -0.2) is 9.59 Å². The summed E-state index contributed by atoms with van der Waals surface area (Å²) >= 11 is 0. The lowest BCUT2D eigenvalue weighted by atomic mass is 9.60. The number of phenols is 2. The van der Waals surface area contributed by atoms with Crippen molar-refractivity contribution in [2.45, 2.75) is 61.8 Å². The van der Waals surface area contributed by atoms with Gasteiger partial charge in [-0.05, 0) is 42.5 Å². The SMILES string of the molecule is COC(=O)[C@@]12Oc3ccc(-c4ccc5c(c4O)C(=O)[C@@]4(O)[C@@H](O)C[C@H](C)[C@H](O)[C@]4(C(=O)OC)O5)c(O)c3C(O)=C1C(=O)C[C@H](C)[C@@H]2O. The van der Waals surface area contributed by atoms with Crippen molar-refractivity contribution in [3.8, 4) is 34.1 Å². The first-order valence-corrected chi connectivity index (χ1v) is 14.6. The van der Waals surface area contributed by atoms with Crippen molar-refractivity contribution in [3.05, 3.63) is 41.0 Å². The number of ether oxygens (including phenoxy) is 4. The summed E-state index contributed by atoms with van der Waals surface area (Å²) < 4.78 is 21.3. The monoisotopic (exact) mass is 656 g/mol. The lowest BCUT2D eigenvalue weighted by Crippen LogP contribution is -2.81. The molecular weight excluding hydrogens is 624 g/mol. The standard InChI is InChI=1S/C32H32O15/c1-11-9-15(33)21-24(37)19-16(46-30(21,25(11)38)28(41)44-3)7-5-13(22(19)35)14-6-8-17-20(23(14)36)27(40)31(43)18(34)10-12(2)26(39)32(31,47-17)29(42)45-4/h5-8,11-12,18,25-26,34-39,43H,9-10H2,1-4H3/t11-,12-,18-,25-,26-,30+,31-,32+/m0/s1. The Morgan fingerprint density at radius 1 is 0.809 bits per heavy atom. The second kappa shape index (κ2) is 10.4. The van der Waals surface area contributed by atoms with E-state index < -0.39 is 110 Å². The molecule has 0 bridgehead atoms. The third-order valence-electron chi connectivity index (χ3n) is 9.85. The van der Waals surface area contributed by atoms with E-state index in [9.17, 15) is 54.9 Å². The Morgan fingerprint density at radius 2 is 1.36 bits per heavy atom. The van der Waals surface area contributed by atoms with E-state index in [1.165, 1.54) is 26.0 Å². The van der Waals surface area contributed by atoms with Crippen LogP contribution in [0.5, 0.6) is 23.0 Å². The van der Waals surface area contributed by atoms with Crippen molar-refractivity contribution in [1.82, 2.24) is 0 Å². The number of hydrogen-bond acceptors (Lipinski definition) is 15. The van der Waals surface area contributed by atoms with Gasteiger partial charge in [-0.15, -0.1) is 0 Å². The Kier molecular flexibility index (Phi) is 7.14. The number of ketones is 2. The van der Waals surface area contributed by atoms with Gasteiger partial charge in [-0.3, -0.25) is 9.59 Å². The molecule has 0 spiro atoms. The maximum absolute atomic E-state index is 14.0. The molecule has 2 saturated carbocycles. The van der Waals surface area contributed by atoms with Crippen molar-refractivity contribution in [3.63, 3.8) is 0 Å². The van der Waals surface area contributed by atoms with Gasteiger partial charge >= 0.3 is 11.9 Å². The molecule has 2 aliphatic carbocycles. The van der Waals surface area contributed by atoms with Crippen LogP contribution in [-0.2, 0) is 23.9 Å². The molecule has 47 heavy (non-hydrogen) atoms. The zero-order valence-corrected chi connectivity index (χ0v) is 25.5. The molecule has 0 radical (unpaired) electrons. The van der Waals surface area contributed by atoms with Gasteiger partial charge in [0.25, 0.3) is 11.2 Å². The van der Waals surface area contributed by atoms with Crippen LogP contribution in [0.1, 0.15) is 42.6 Å². The van der Waals surface area contributed by atoms with E-state index in [1.807, 2.05) is 0 Å². The zero-order valence-electron chi connectivity index (χ0n) is 25.5. The largest absolute Gasteiger partial charge is 0.506 e. The lowest BCUT2D eigenvalue weighted by molar-refractivity contribution is -0.249. The fourth-order valence-electron chi connectivity index (χ4n) is 7.41. The number of fused-ring (bicyclic) bond motifs is 4. The maximum Gasteiger partial charge on any atom is 0.358 e. The van der Waals surface area contributed by atoms with Gasteiger partial charge in [0.15, 0.2) is 5.78 Å². The summed E-state index contributed by atoms with van der Waals surface area (Å²) in [6, 6.07) is 4.64. The molecule has 15 nitrogen and oxygen atoms in total. The molecule has 2 heterocycles. The van der Waals surface area contributed by atoms with Crippen LogP contribution in [0, 0.1) is 11.8 Å². The van der Waals surface area contributed by atoms with Gasteiger partial charge in [0, 0.05) is 17.5 Å². The number of hydrogen-bond donors (Lipinski definition) is 7. The second-order valence-corrected chi connectivity index (χ2v) is 12.4. The number of phenolic OH excluding ortho intramolecular Hbond substituents is 2. The predicted octanol–water partition coefficient (Wildman–Crippen LogP) is 0.287. The maximum atomic E-state index is 14.0. The number of Topliss-reactive ketones (excluding diaryl/α,β-unsaturated/α-hetero) is 2. The minimum absolute atomic E-state index is 0.245. The highest BCUT2D eigenvalue weighted by Gasteiger charge is 2.76. The number of esters is 2. The van der Waals surface area contributed by atoms with Crippen molar-refractivity contribution in [1.29, 1.82) is 0 Å². The van der Waals surface area contributed by atoms with Crippen LogP contribution >= 0.6 is 0 Å². The smallest absolute Gasteiger partial charge is 0.358 e. The number of rotatable bonds is 3. The van der Waals surface area contributed by atoms with Crippen LogP contribution < -0.4 is 9.47 Å². The van der Waals surface area contributed by atoms with Crippen LogP contribution in [0.3, 0.4) is 0 Å². The van der Waals surface area contributed by atoms with E-state index in [0.717, 1.165) is 26.4 Å². The first-order valence-electron chi connectivity index (χ1n) is 14.6.